The second-order valence-corrected chi connectivity index (χ2v) is 6.65. The zero-order valence-electron chi connectivity index (χ0n) is 14.9. The summed E-state index contributed by atoms with van der Waals surface area (Å²) in [6.07, 6.45) is 1.04. The summed E-state index contributed by atoms with van der Waals surface area (Å²) in [7, 11) is 3.38. The van der Waals surface area contributed by atoms with Crippen LogP contribution in [-0.2, 0) is 13.0 Å². The van der Waals surface area contributed by atoms with E-state index in [2.05, 4.69) is 31.2 Å². The van der Waals surface area contributed by atoms with Gasteiger partial charge in [-0.05, 0) is 42.8 Å². The van der Waals surface area contributed by atoms with Gasteiger partial charge >= 0.3 is 0 Å². The van der Waals surface area contributed by atoms with Gasteiger partial charge in [0.05, 0.1) is 20.8 Å². The summed E-state index contributed by atoms with van der Waals surface area (Å²) in [4.78, 5) is 1.54. The third kappa shape index (κ3) is 2.89. The lowest BCUT2D eigenvalue weighted by molar-refractivity contribution is -0.945. The molecule has 0 saturated heterocycles. The van der Waals surface area contributed by atoms with E-state index in [1.807, 2.05) is 6.07 Å². The predicted molar refractivity (Wildman–Crippen MR) is 93.8 cm³/mol. The molecule has 1 unspecified atom stereocenters. The number of rotatable bonds is 4. The fourth-order valence-electron chi connectivity index (χ4n) is 3.84. The minimum absolute atomic E-state index is 0.320. The molecule has 0 bridgehead atoms. The highest BCUT2D eigenvalue weighted by molar-refractivity contribution is 5.48. The Morgan fingerprint density at radius 1 is 1.04 bits per heavy atom. The first-order chi connectivity index (χ1) is 12.2. The van der Waals surface area contributed by atoms with Crippen LogP contribution in [0, 0.1) is 0 Å². The zero-order valence-corrected chi connectivity index (χ0v) is 14.9. The van der Waals surface area contributed by atoms with Crippen LogP contribution in [0.3, 0.4) is 0 Å². The van der Waals surface area contributed by atoms with Crippen LogP contribution in [0.25, 0.3) is 0 Å². The van der Waals surface area contributed by atoms with E-state index in [4.69, 9.17) is 18.9 Å². The van der Waals surface area contributed by atoms with Crippen molar-refractivity contribution < 1.29 is 23.8 Å². The first-order valence-electron chi connectivity index (χ1n) is 8.67. The predicted octanol–water partition coefficient (Wildman–Crippen LogP) is 2.13. The Bertz CT molecular complexity index is 790. The van der Waals surface area contributed by atoms with Crippen molar-refractivity contribution in [2.75, 3.05) is 27.6 Å². The number of quaternary nitrogens is 1. The molecule has 2 atom stereocenters. The maximum atomic E-state index is 5.51. The van der Waals surface area contributed by atoms with Crippen molar-refractivity contribution in [3.63, 3.8) is 0 Å². The Hall–Kier alpha value is -2.40. The molecule has 0 amide bonds. The molecule has 5 heteroatoms. The maximum Gasteiger partial charge on any atom is 0.231 e. The Kier molecular flexibility index (Phi) is 4.17. The van der Waals surface area contributed by atoms with Gasteiger partial charge < -0.3 is 23.8 Å². The first-order valence-corrected chi connectivity index (χ1v) is 8.67. The maximum absolute atomic E-state index is 5.51. The molecule has 0 fully saturated rings. The number of hydrogen-bond donors (Lipinski definition) is 1. The third-order valence-corrected chi connectivity index (χ3v) is 5.31. The number of methoxy groups -OCH3 is 2. The van der Waals surface area contributed by atoms with E-state index >= 15 is 0 Å². The number of fused-ring (bicyclic) bond motifs is 2. The Morgan fingerprint density at radius 2 is 1.80 bits per heavy atom. The fourth-order valence-corrected chi connectivity index (χ4v) is 3.84. The van der Waals surface area contributed by atoms with Crippen molar-refractivity contribution in [1.29, 1.82) is 0 Å². The Morgan fingerprint density at radius 3 is 2.60 bits per heavy atom. The van der Waals surface area contributed by atoms with E-state index in [0.717, 1.165) is 42.5 Å². The first kappa shape index (κ1) is 16.1. The van der Waals surface area contributed by atoms with Crippen LogP contribution in [0.5, 0.6) is 23.0 Å². The van der Waals surface area contributed by atoms with Crippen molar-refractivity contribution in [3.05, 3.63) is 47.0 Å². The summed E-state index contributed by atoms with van der Waals surface area (Å²) in [5.41, 5.74) is 3.98. The van der Waals surface area contributed by atoms with E-state index in [1.165, 1.54) is 16.7 Å². The van der Waals surface area contributed by atoms with E-state index in [-0.39, 0.29) is 0 Å². The summed E-state index contributed by atoms with van der Waals surface area (Å²) in [6.45, 7) is 4.66. The Balaban J connectivity index is 1.57. The van der Waals surface area contributed by atoms with Gasteiger partial charge in [-0.2, -0.15) is 0 Å². The third-order valence-electron chi connectivity index (χ3n) is 5.31. The van der Waals surface area contributed by atoms with Gasteiger partial charge in [-0.1, -0.05) is 0 Å². The zero-order chi connectivity index (χ0) is 17.4. The highest BCUT2D eigenvalue weighted by atomic mass is 16.7. The molecular formula is C20H24NO4+. The molecule has 2 aromatic carbocycles. The van der Waals surface area contributed by atoms with Gasteiger partial charge in [0.2, 0.25) is 6.79 Å². The molecule has 0 aromatic heterocycles. The number of hydrogen-bond acceptors (Lipinski definition) is 4. The highest BCUT2D eigenvalue weighted by Crippen LogP contribution is 2.35. The van der Waals surface area contributed by atoms with Crippen LogP contribution >= 0.6 is 0 Å². The lowest BCUT2D eigenvalue weighted by atomic mass is 9.92. The smallest absolute Gasteiger partial charge is 0.231 e. The van der Waals surface area contributed by atoms with Crippen LogP contribution in [0.2, 0.25) is 0 Å². The molecule has 0 radical (unpaired) electrons. The lowest BCUT2D eigenvalue weighted by Gasteiger charge is -2.33. The average molecular weight is 342 g/mol. The molecule has 2 heterocycles. The van der Waals surface area contributed by atoms with Crippen LogP contribution in [0.1, 0.15) is 29.7 Å². The van der Waals surface area contributed by atoms with Crippen molar-refractivity contribution in [3.8, 4) is 23.0 Å². The number of nitrogens with one attached hydrogen (secondary N) is 1. The molecule has 0 aliphatic carbocycles. The summed E-state index contributed by atoms with van der Waals surface area (Å²) in [5.74, 6) is 3.31. The minimum atomic E-state index is 0.320. The van der Waals surface area contributed by atoms with Gasteiger partial charge in [0.1, 0.15) is 12.6 Å². The SMILES string of the molecule is COc1cc2c(cc1OC)[C@@H](C)[NH+](Cc1ccc3c(c1)OCO3)CC2. The molecule has 1 N–H and O–H groups in total. The second kappa shape index (κ2) is 6.48. The highest BCUT2D eigenvalue weighted by Gasteiger charge is 2.29. The van der Waals surface area contributed by atoms with E-state index in [0.29, 0.717) is 12.8 Å². The summed E-state index contributed by atoms with van der Waals surface area (Å²) in [5, 5.41) is 0. The molecule has 2 aliphatic heterocycles. The summed E-state index contributed by atoms with van der Waals surface area (Å²) in [6, 6.07) is 10.9. The molecule has 0 saturated carbocycles. The largest absolute Gasteiger partial charge is 0.493 e. The number of benzene rings is 2. The summed E-state index contributed by atoms with van der Waals surface area (Å²) < 4.78 is 21.8. The molecule has 25 heavy (non-hydrogen) atoms. The quantitative estimate of drug-likeness (QED) is 0.924. The van der Waals surface area contributed by atoms with Crippen molar-refractivity contribution >= 4 is 0 Å². The minimum Gasteiger partial charge on any atom is -0.493 e. The van der Waals surface area contributed by atoms with E-state index in [1.54, 1.807) is 19.1 Å². The fraction of sp³-hybridized carbons (Fsp3) is 0.400. The number of ether oxygens (including phenoxy) is 4. The molecule has 2 aliphatic rings. The molecular weight excluding hydrogens is 318 g/mol. The molecule has 2 aromatic rings. The molecule has 0 spiro atoms. The standard InChI is InChI=1S/C20H23NO4/c1-13-16-10-19(23-3)18(22-2)9-15(16)6-7-21(13)11-14-4-5-17-20(8-14)25-12-24-17/h4-5,8-10,13H,6-7,11-12H2,1-3H3/p+1/t13-/m1/s1. The van der Waals surface area contributed by atoms with Crippen LogP contribution < -0.4 is 23.8 Å². The van der Waals surface area contributed by atoms with E-state index in [9.17, 15) is 0 Å². The average Bonchev–Trinajstić information content (AvgIpc) is 3.11. The van der Waals surface area contributed by atoms with Gasteiger partial charge in [-0.15, -0.1) is 0 Å². The van der Waals surface area contributed by atoms with Gasteiger partial charge in [0.25, 0.3) is 0 Å². The van der Waals surface area contributed by atoms with Crippen LogP contribution in [0.4, 0.5) is 0 Å². The van der Waals surface area contributed by atoms with Crippen molar-refractivity contribution in [1.82, 2.24) is 0 Å². The van der Waals surface area contributed by atoms with Crippen molar-refractivity contribution in [2.45, 2.75) is 25.9 Å². The van der Waals surface area contributed by atoms with Crippen molar-refractivity contribution in [2.24, 2.45) is 0 Å². The van der Waals surface area contributed by atoms with Gasteiger partial charge in [-0.25, -0.2) is 0 Å². The molecule has 132 valence electrons. The van der Waals surface area contributed by atoms with Crippen LogP contribution in [-0.4, -0.2) is 27.6 Å². The molecule has 5 nitrogen and oxygen atoms in total. The lowest BCUT2D eigenvalue weighted by Crippen LogP contribution is -3.11. The van der Waals surface area contributed by atoms with E-state index < -0.39 is 0 Å². The van der Waals surface area contributed by atoms with Gasteiger partial charge in [-0.3, -0.25) is 0 Å². The Labute approximate surface area is 148 Å². The molecule has 4 rings (SSSR count). The second-order valence-electron chi connectivity index (χ2n) is 6.65. The topological polar surface area (TPSA) is 41.4 Å². The van der Waals surface area contributed by atoms with Crippen LogP contribution in [0.15, 0.2) is 30.3 Å². The monoisotopic (exact) mass is 342 g/mol. The normalized spacial score (nSPS) is 20.9. The van der Waals surface area contributed by atoms with Gasteiger partial charge in [0, 0.05) is 17.5 Å². The van der Waals surface area contributed by atoms with Gasteiger partial charge in [0.15, 0.2) is 23.0 Å². The summed E-state index contributed by atoms with van der Waals surface area (Å²) >= 11 is 0.